The predicted molar refractivity (Wildman–Crippen MR) is 45.3 cm³/mol. The first-order chi connectivity index (χ1) is 7.48. The molecule has 0 saturated carbocycles. The molecule has 2 rings (SSSR count). The molecule has 0 aromatic carbocycles. The normalized spacial score (nSPS) is 11.8. The lowest BCUT2D eigenvalue weighted by atomic mass is 10.4. The van der Waals surface area contributed by atoms with Gasteiger partial charge in [0.15, 0.2) is 5.15 Å². The minimum atomic E-state index is -4.69. The maximum absolute atomic E-state index is 12.2. The molecule has 0 aliphatic heterocycles. The Morgan fingerprint density at radius 2 is 1.88 bits per heavy atom. The number of nitrogens with zero attached hydrogens (tertiary/aromatic N) is 4. The van der Waals surface area contributed by atoms with Crippen molar-refractivity contribution in [2.45, 2.75) is 6.18 Å². The van der Waals surface area contributed by atoms with Gasteiger partial charge in [-0.15, -0.1) is 0 Å². The second kappa shape index (κ2) is 3.71. The maximum atomic E-state index is 12.2. The molecule has 0 radical (unpaired) electrons. The van der Waals surface area contributed by atoms with Crippen molar-refractivity contribution in [2.75, 3.05) is 0 Å². The van der Waals surface area contributed by atoms with Crippen LogP contribution in [0.5, 0.6) is 0 Å². The van der Waals surface area contributed by atoms with Crippen LogP contribution in [0.1, 0.15) is 5.89 Å². The van der Waals surface area contributed by atoms with Gasteiger partial charge in [0.2, 0.25) is 5.82 Å². The summed E-state index contributed by atoms with van der Waals surface area (Å²) in [6.45, 7) is 0. The highest BCUT2D eigenvalue weighted by Gasteiger charge is 2.38. The number of rotatable bonds is 1. The lowest BCUT2D eigenvalue weighted by Gasteiger charge is -1.96. The van der Waals surface area contributed by atoms with Crippen LogP contribution in [0.2, 0.25) is 5.15 Å². The Bertz CT molecular complexity index is 512. The van der Waals surface area contributed by atoms with Crippen LogP contribution in [0.3, 0.4) is 0 Å². The summed E-state index contributed by atoms with van der Waals surface area (Å²) in [6, 6.07) is 0. The second-order valence-electron chi connectivity index (χ2n) is 2.62. The van der Waals surface area contributed by atoms with Crippen molar-refractivity contribution < 1.29 is 17.7 Å². The van der Waals surface area contributed by atoms with E-state index in [9.17, 15) is 13.2 Å². The fourth-order valence-corrected chi connectivity index (χ4v) is 1.10. The Hall–Kier alpha value is -1.70. The average molecular weight is 251 g/mol. The molecule has 5 nitrogen and oxygen atoms in total. The van der Waals surface area contributed by atoms with Crippen LogP contribution in [-0.2, 0) is 6.18 Å². The number of alkyl halides is 3. The van der Waals surface area contributed by atoms with E-state index in [-0.39, 0.29) is 16.7 Å². The summed E-state index contributed by atoms with van der Waals surface area (Å²) in [5.41, 5.74) is -0.0663. The summed E-state index contributed by atoms with van der Waals surface area (Å²) >= 11 is 5.61. The van der Waals surface area contributed by atoms with Crippen LogP contribution in [0.15, 0.2) is 16.9 Å². The zero-order valence-corrected chi connectivity index (χ0v) is 8.12. The molecular weight excluding hydrogens is 249 g/mol. The Morgan fingerprint density at radius 1 is 1.19 bits per heavy atom. The van der Waals surface area contributed by atoms with Crippen LogP contribution in [0, 0.1) is 0 Å². The molecule has 0 N–H and O–H groups in total. The van der Waals surface area contributed by atoms with E-state index < -0.39 is 12.1 Å². The number of halogens is 4. The lowest BCUT2D eigenvalue weighted by Crippen LogP contribution is -2.05. The van der Waals surface area contributed by atoms with Crippen molar-refractivity contribution in [3.63, 3.8) is 0 Å². The summed E-state index contributed by atoms with van der Waals surface area (Å²) in [7, 11) is 0. The molecule has 0 fully saturated rings. The van der Waals surface area contributed by atoms with Crippen molar-refractivity contribution in [3.05, 3.63) is 23.4 Å². The molecule has 0 unspecified atom stereocenters. The van der Waals surface area contributed by atoms with Crippen molar-refractivity contribution in [1.82, 2.24) is 20.1 Å². The Balaban J connectivity index is 2.44. The molecule has 2 aromatic heterocycles. The van der Waals surface area contributed by atoms with Crippen molar-refractivity contribution in [2.24, 2.45) is 0 Å². The first-order valence-corrected chi connectivity index (χ1v) is 4.24. The van der Waals surface area contributed by atoms with Gasteiger partial charge in [-0.25, -0.2) is 9.97 Å². The number of hydrogen-bond donors (Lipinski definition) is 0. The van der Waals surface area contributed by atoms with E-state index in [1.54, 1.807) is 0 Å². The summed E-state index contributed by atoms with van der Waals surface area (Å²) in [5, 5.41) is 3.02. The molecule has 2 aromatic rings. The van der Waals surface area contributed by atoms with Crippen LogP contribution in [0.4, 0.5) is 13.2 Å². The first-order valence-electron chi connectivity index (χ1n) is 3.86. The molecule has 0 saturated heterocycles. The average Bonchev–Trinajstić information content (AvgIpc) is 2.66. The third kappa shape index (κ3) is 1.96. The number of aromatic nitrogens is 4. The standard InChI is InChI=1S/C7H2ClF3N4O/c8-4-3(12-1-2-13-4)5-14-6(16-15-5)7(9,10)11/h1-2H. The van der Waals surface area contributed by atoms with Crippen LogP contribution in [-0.4, -0.2) is 20.1 Å². The molecule has 84 valence electrons. The zero-order chi connectivity index (χ0) is 11.8. The fourth-order valence-electron chi connectivity index (χ4n) is 0.906. The molecule has 0 aliphatic carbocycles. The highest BCUT2D eigenvalue weighted by Crippen LogP contribution is 2.29. The van der Waals surface area contributed by atoms with E-state index in [1.807, 2.05) is 0 Å². The molecule has 0 amide bonds. The minimum Gasteiger partial charge on any atom is -0.329 e. The Labute approximate surface area is 91.3 Å². The van der Waals surface area contributed by atoms with Crippen LogP contribution < -0.4 is 0 Å². The van der Waals surface area contributed by atoms with E-state index in [1.165, 1.54) is 12.4 Å². The van der Waals surface area contributed by atoms with Gasteiger partial charge in [0.1, 0.15) is 5.69 Å². The lowest BCUT2D eigenvalue weighted by molar-refractivity contribution is -0.159. The minimum absolute atomic E-state index is 0.0663. The Morgan fingerprint density at radius 3 is 2.44 bits per heavy atom. The van der Waals surface area contributed by atoms with Gasteiger partial charge >= 0.3 is 12.1 Å². The molecule has 0 spiro atoms. The highest BCUT2D eigenvalue weighted by molar-refractivity contribution is 6.31. The number of hydrogen-bond acceptors (Lipinski definition) is 5. The van der Waals surface area contributed by atoms with Gasteiger partial charge in [-0.1, -0.05) is 16.8 Å². The van der Waals surface area contributed by atoms with E-state index >= 15 is 0 Å². The summed E-state index contributed by atoms with van der Waals surface area (Å²) < 4.78 is 40.5. The van der Waals surface area contributed by atoms with Gasteiger partial charge < -0.3 is 4.52 Å². The molecule has 0 aliphatic rings. The molecule has 0 bridgehead atoms. The predicted octanol–water partition coefficient (Wildman–Crippen LogP) is 2.20. The SMILES string of the molecule is FC(F)(F)c1nc(-c2nccnc2Cl)no1. The van der Waals surface area contributed by atoms with Gasteiger partial charge in [-0.05, 0) is 0 Å². The van der Waals surface area contributed by atoms with Crippen LogP contribution in [0.25, 0.3) is 11.5 Å². The maximum Gasteiger partial charge on any atom is 0.471 e. The highest BCUT2D eigenvalue weighted by atomic mass is 35.5. The van der Waals surface area contributed by atoms with Gasteiger partial charge in [-0.3, -0.25) is 0 Å². The topological polar surface area (TPSA) is 64.7 Å². The largest absolute Gasteiger partial charge is 0.471 e. The third-order valence-electron chi connectivity index (χ3n) is 1.53. The van der Waals surface area contributed by atoms with Gasteiger partial charge in [-0.2, -0.15) is 18.2 Å². The molecule has 16 heavy (non-hydrogen) atoms. The third-order valence-corrected chi connectivity index (χ3v) is 1.81. The smallest absolute Gasteiger partial charge is 0.329 e. The molecule has 0 atom stereocenters. The van der Waals surface area contributed by atoms with Gasteiger partial charge in [0, 0.05) is 12.4 Å². The van der Waals surface area contributed by atoms with Crippen molar-refractivity contribution in [1.29, 1.82) is 0 Å². The molecule has 9 heteroatoms. The monoisotopic (exact) mass is 250 g/mol. The first kappa shape index (κ1) is 10.8. The van der Waals surface area contributed by atoms with E-state index in [4.69, 9.17) is 11.6 Å². The Kier molecular flexibility index (Phi) is 2.50. The summed E-state index contributed by atoms with van der Waals surface area (Å²) in [6.07, 6.45) is -2.15. The second-order valence-corrected chi connectivity index (χ2v) is 2.97. The van der Waals surface area contributed by atoms with E-state index in [2.05, 4.69) is 24.6 Å². The zero-order valence-electron chi connectivity index (χ0n) is 7.36. The quantitative estimate of drug-likeness (QED) is 0.776. The van der Waals surface area contributed by atoms with Crippen molar-refractivity contribution in [3.8, 4) is 11.5 Å². The summed E-state index contributed by atoms with van der Waals surface area (Å²) in [5.74, 6) is -1.81. The van der Waals surface area contributed by atoms with E-state index in [0.29, 0.717) is 0 Å². The van der Waals surface area contributed by atoms with E-state index in [0.717, 1.165) is 0 Å². The van der Waals surface area contributed by atoms with Gasteiger partial charge in [0.25, 0.3) is 0 Å². The van der Waals surface area contributed by atoms with Crippen molar-refractivity contribution >= 4 is 11.6 Å². The van der Waals surface area contributed by atoms with Crippen LogP contribution >= 0.6 is 11.6 Å². The summed E-state index contributed by atoms with van der Waals surface area (Å²) in [4.78, 5) is 10.4. The molecular formula is C7H2ClF3N4O. The molecule has 2 heterocycles. The van der Waals surface area contributed by atoms with Gasteiger partial charge in [0.05, 0.1) is 0 Å². The fraction of sp³-hybridized carbons (Fsp3) is 0.143.